The second-order valence-corrected chi connectivity index (χ2v) is 6.55. The molecule has 2 atom stereocenters. The standard InChI is InChI=1S/C12H16ClN3O4S/c1-7(3-4-21(2)20)15-12(17)8-5-9(13)11(14)10(6-8)16(18)19/h5-7H,3-4,14H2,1-2H3,(H,15,17). The quantitative estimate of drug-likeness (QED) is 0.467. The number of nitro benzene ring substituents is 1. The van der Waals surface area contributed by atoms with Crippen LogP contribution in [0.3, 0.4) is 0 Å². The lowest BCUT2D eigenvalue weighted by Gasteiger charge is -2.13. The third kappa shape index (κ3) is 4.98. The van der Waals surface area contributed by atoms with Gasteiger partial charge < -0.3 is 11.1 Å². The van der Waals surface area contributed by atoms with Crippen LogP contribution in [-0.2, 0) is 10.8 Å². The molecule has 0 saturated heterocycles. The van der Waals surface area contributed by atoms with Crippen LogP contribution in [0.5, 0.6) is 0 Å². The molecule has 1 aromatic carbocycles. The van der Waals surface area contributed by atoms with E-state index < -0.39 is 27.3 Å². The first-order valence-electron chi connectivity index (χ1n) is 6.06. The Morgan fingerprint density at radius 3 is 2.71 bits per heavy atom. The van der Waals surface area contributed by atoms with Crippen molar-refractivity contribution in [2.45, 2.75) is 19.4 Å². The van der Waals surface area contributed by atoms with Gasteiger partial charge in [-0.15, -0.1) is 0 Å². The minimum Gasteiger partial charge on any atom is -0.392 e. The first-order chi connectivity index (χ1) is 9.72. The fourth-order valence-corrected chi connectivity index (χ4v) is 2.51. The first-order valence-corrected chi connectivity index (χ1v) is 8.17. The maximum Gasteiger partial charge on any atom is 0.294 e. The van der Waals surface area contributed by atoms with Gasteiger partial charge in [-0.1, -0.05) is 11.6 Å². The number of benzene rings is 1. The number of hydrogen-bond acceptors (Lipinski definition) is 5. The van der Waals surface area contributed by atoms with E-state index in [1.54, 1.807) is 13.2 Å². The molecular weight excluding hydrogens is 318 g/mol. The summed E-state index contributed by atoms with van der Waals surface area (Å²) in [5.74, 6) is -0.0289. The van der Waals surface area contributed by atoms with Crippen LogP contribution in [0.15, 0.2) is 12.1 Å². The predicted molar refractivity (Wildman–Crippen MR) is 83.0 cm³/mol. The van der Waals surface area contributed by atoms with Gasteiger partial charge in [0, 0.05) is 40.5 Å². The number of nitrogens with one attached hydrogen (secondary N) is 1. The summed E-state index contributed by atoms with van der Waals surface area (Å²) >= 11 is 5.80. The van der Waals surface area contributed by atoms with Crippen molar-refractivity contribution in [3.05, 3.63) is 32.8 Å². The second kappa shape index (κ2) is 7.37. The van der Waals surface area contributed by atoms with E-state index in [0.717, 1.165) is 6.07 Å². The topological polar surface area (TPSA) is 115 Å². The summed E-state index contributed by atoms with van der Waals surface area (Å²) in [7, 11) is -0.940. The van der Waals surface area contributed by atoms with Gasteiger partial charge in [0.1, 0.15) is 5.69 Å². The summed E-state index contributed by atoms with van der Waals surface area (Å²) in [5, 5.41) is 13.5. The minimum absolute atomic E-state index is 0.0448. The number of hydrogen-bond donors (Lipinski definition) is 2. The van der Waals surface area contributed by atoms with Crippen LogP contribution >= 0.6 is 11.6 Å². The maximum absolute atomic E-state index is 12.0. The van der Waals surface area contributed by atoms with Gasteiger partial charge in [0.15, 0.2) is 0 Å². The van der Waals surface area contributed by atoms with Crippen LogP contribution in [0, 0.1) is 10.1 Å². The largest absolute Gasteiger partial charge is 0.392 e. The fourth-order valence-electron chi connectivity index (χ4n) is 1.61. The van der Waals surface area contributed by atoms with Crippen molar-refractivity contribution in [1.82, 2.24) is 5.32 Å². The Morgan fingerprint density at radius 2 is 2.19 bits per heavy atom. The molecule has 9 heteroatoms. The Hall–Kier alpha value is -1.67. The molecular formula is C12H16ClN3O4S. The van der Waals surface area contributed by atoms with Crippen molar-refractivity contribution in [2.24, 2.45) is 0 Å². The summed E-state index contributed by atoms with van der Waals surface area (Å²) in [4.78, 5) is 22.2. The molecule has 1 aromatic rings. The lowest BCUT2D eigenvalue weighted by molar-refractivity contribution is -0.383. The van der Waals surface area contributed by atoms with Gasteiger partial charge in [0.05, 0.1) is 9.95 Å². The van der Waals surface area contributed by atoms with E-state index in [0.29, 0.717) is 12.2 Å². The van der Waals surface area contributed by atoms with E-state index in [9.17, 15) is 19.1 Å². The van der Waals surface area contributed by atoms with Crippen LogP contribution in [-0.4, -0.2) is 33.1 Å². The number of nitrogen functional groups attached to an aromatic ring is 1. The average molecular weight is 334 g/mol. The minimum atomic E-state index is -0.940. The molecule has 7 nitrogen and oxygen atoms in total. The van der Waals surface area contributed by atoms with Crippen molar-refractivity contribution in [2.75, 3.05) is 17.7 Å². The Balaban J connectivity index is 2.88. The van der Waals surface area contributed by atoms with Gasteiger partial charge in [-0.25, -0.2) is 0 Å². The molecule has 21 heavy (non-hydrogen) atoms. The number of nitro groups is 1. The van der Waals surface area contributed by atoms with Crippen molar-refractivity contribution >= 4 is 39.7 Å². The number of carbonyl (C=O) groups is 1. The van der Waals surface area contributed by atoms with Gasteiger partial charge >= 0.3 is 0 Å². The Kier molecular flexibility index (Phi) is 6.10. The third-order valence-corrected chi connectivity index (χ3v) is 3.91. The molecule has 116 valence electrons. The molecule has 0 aromatic heterocycles. The molecule has 0 radical (unpaired) electrons. The molecule has 0 fully saturated rings. The summed E-state index contributed by atoms with van der Waals surface area (Å²) in [6, 6.07) is 2.15. The van der Waals surface area contributed by atoms with E-state index in [2.05, 4.69) is 5.32 Å². The van der Waals surface area contributed by atoms with E-state index >= 15 is 0 Å². The van der Waals surface area contributed by atoms with Crippen LogP contribution in [0.4, 0.5) is 11.4 Å². The zero-order valence-electron chi connectivity index (χ0n) is 11.6. The summed E-state index contributed by atoms with van der Waals surface area (Å²) in [6.07, 6.45) is 2.12. The first kappa shape index (κ1) is 17.4. The fraction of sp³-hybridized carbons (Fsp3) is 0.417. The average Bonchev–Trinajstić information content (AvgIpc) is 2.38. The Bertz CT molecular complexity index is 594. The van der Waals surface area contributed by atoms with Crippen molar-refractivity contribution < 1.29 is 13.9 Å². The molecule has 2 unspecified atom stereocenters. The molecule has 0 saturated carbocycles. The third-order valence-electron chi connectivity index (χ3n) is 2.78. The molecule has 0 heterocycles. The molecule has 0 spiro atoms. The monoisotopic (exact) mass is 333 g/mol. The van der Waals surface area contributed by atoms with Gasteiger partial charge in [0.2, 0.25) is 0 Å². The van der Waals surface area contributed by atoms with E-state index in [4.69, 9.17) is 17.3 Å². The number of carbonyl (C=O) groups excluding carboxylic acids is 1. The van der Waals surface area contributed by atoms with Crippen molar-refractivity contribution in [3.63, 3.8) is 0 Å². The maximum atomic E-state index is 12.0. The highest BCUT2D eigenvalue weighted by molar-refractivity contribution is 7.84. The highest BCUT2D eigenvalue weighted by Gasteiger charge is 2.20. The number of anilines is 1. The Labute approximate surface area is 129 Å². The molecule has 0 aliphatic carbocycles. The smallest absolute Gasteiger partial charge is 0.294 e. The van der Waals surface area contributed by atoms with E-state index in [-0.39, 0.29) is 22.3 Å². The summed E-state index contributed by atoms with van der Waals surface area (Å²) in [6.45, 7) is 1.76. The lowest BCUT2D eigenvalue weighted by atomic mass is 10.1. The summed E-state index contributed by atoms with van der Waals surface area (Å²) < 4.78 is 11.0. The number of amides is 1. The van der Waals surface area contributed by atoms with Crippen LogP contribution < -0.4 is 11.1 Å². The van der Waals surface area contributed by atoms with Crippen LogP contribution in [0.25, 0.3) is 0 Å². The van der Waals surface area contributed by atoms with Crippen molar-refractivity contribution in [3.8, 4) is 0 Å². The van der Waals surface area contributed by atoms with Crippen LogP contribution in [0.2, 0.25) is 5.02 Å². The zero-order chi connectivity index (χ0) is 16.2. The van der Waals surface area contributed by atoms with Gasteiger partial charge in [0.25, 0.3) is 11.6 Å². The number of halogens is 1. The normalized spacial score (nSPS) is 13.5. The lowest BCUT2D eigenvalue weighted by Crippen LogP contribution is -2.33. The zero-order valence-corrected chi connectivity index (χ0v) is 13.2. The van der Waals surface area contributed by atoms with E-state index in [1.165, 1.54) is 6.07 Å². The molecule has 3 N–H and O–H groups in total. The van der Waals surface area contributed by atoms with E-state index in [1.807, 2.05) is 0 Å². The SMILES string of the molecule is CC(CCS(C)=O)NC(=O)c1cc(Cl)c(N)c([N+](=O)[O-])c1. The number of nitrogens with two attached hydrogens (primary N) is 1. The molecule has 0 aliphatic rings. The molecule has 0 bridgehead atoms. The number of nitrogens with zero attached hydrogens (tertiary/aromatic N) is 1. The van der Waals surface area contributed by atoms with Crippen molar-refractivity contribution in [1.29, 1.82) is 0 Å². The van der Waals surface area contributed by atoms with Crippen LogP contribution in [0.1, 0.15) is 23.7 Å². The van der Waals surface area contributed by atoms with Gasteiger partial charge in [-0.2, -0.15) is 0 Å². The predicted octanol–water partition coefficient (Wildman–Crippen LogP) is 1.72. The number of rotatable bonds is 6. The Morgan fingerprint density at radius 1 is 1.57 bits per heavy atom. The van der Waals surface area contributed by atoms with Gasteiger partial charge in [-0.05, 0) is 19.4 Å². The molecule has 1 rings (SSSR count). The van der Waals surface area contributed by atoms with Gasteiger partial charge in [-0.3, -0.25) is 19.1 Å². The second-order valence-electron chi connectivity index (χ2n) is 4.59. The summed E-state index contributed by atoms with van der Waals surface area (Å²) in [5.41, 5.74) is 4.98. The molecule has 1 amide bonds. The highest BCUT2D eigenvalue weighted by atomic mass is 35.5. The molecule has 0 aliphatic heterocycles. The highest BCUT2D eigenvalue weighted by Crippen LogP contribution is 2.30.